The van der Waals surface area contributed by atoms with Crippen LogP contribution in [0.25, 0.3) is 0 Å². The predicted molar refractivity (Wildman–Crippen MR) is 135 cm³/mol. The molecule has 9 atom stereocenters. The molecule has 0 saturated carbocycles. The van der Waals surface area contributed by atoms with E-state index in [4.69, 9.17) is 31.0 Å². The number of hydrogen-bond acceptors (Lipinski definition) is 39. The normalized spacial score (nSPS) is 28.1. The SMILES string of the molecule is O=S.O=S.O=S.O=S.O=S(=O)([O-])OC[C@H]1O[C@@](COS(=O)(=O)[O-])(O[C@@H]2OC(COO[O-])[C@@H](OO[O-])[C@H](OO[O-])C2OO[O-])[C@H](OS(=O)(=O)[O-])[C@H]1OS(=O)(=O)[O-]. The van der Waals surface area contributed by atoms with Crippen molar-refractivity contribution in [3.8, 4) is 0 Å². The molecule has 0 amide bonds. The lowest BCUT2D eigenvalue weighted by atomic mass is 9.98. The Labute approximate surface area is 325 Å². The van der Waals surface area contributed by atoms with E-state index in [0.717, 1.165) is 0 Å². The van der Waals surface area contributed by atoms with Gasteiger partial charge in [-0.3, -0.25) is 36.9 Å². The monoisotopic (exact) mass is 974 g/mol. The van der Waals surface area contributed by atoms with E-state index in [1.807, 2.05) is 0 Å². The molecule has 2 fully saturated rings. The second kappa shape index (κ2) is 28.4. The van der Waals surface area contributed by atoms with Gasteiger partial charge >= 0.3 is 0 Å². The van der Waals surface area contributed by atoms with Crippen LogP contribution in [0.15, 0.2) is 0 Å². The molecule has 2 aliphatic rings. The van der Waals surface area contributed by atoms with Gasteiger partial charge in [-0.25, -0.2) is 53.2 Å². The highest BCUT2D eigenvalue weighted by atomic mass is 32.3. The van der Waals surface area contributed by atoms with Gasteiger partial charge in [0.1, 0.15) is 31.5 Å². The highest BCUT2D eigenvalue weighted by Gasteiger charge is 2.64. The predicted octanol–water partition coefficient (Wildman–Crippen LogP) is -11.9. The zero-order valence-corrected chi connectivity index (χ0v) is 31.3. The first kappa shape index (κ1) is 58.3. The summed E-state index contributed by atoms with van der Waals surface area (Å²) in [7, 11) is -24.2. The van der Waals surface area contributed by atoms with Crippen molar-refractivity contribution >= 4 is 91.7 Å². The third-order valence-corrected chi connectivity index (χ3v) is 7.05. The van der Waals surface area contributed by atoms with E-state index in [2.05, 4.69) is 107 Å². The Morgan fingerprint density at radius 2 is 0.982 bits per heavy atom. The van der Waals surface area contributed by atoms with Crippen LogP contribution in [0.3, 0.4) is 0 Å². The van der Waals surface area contributed by atoms with E-state index in [1.54, 1.807) is 0 Å². The average molecular weight is 975 g/mol. The summed E-state index contributed by atoms with van der Waals surface area (Å²) in [5, 5.41) is 55.3. The van der Waals surface area contributed by atoms with Crippen LogP contribution in [0, 0.1) is 0 Å². The van der Waals surface area contributed by atoms with Crippen molar-refractivity contribution in [3.63, 3.8) is 0 Å². The van der Waals surface area contributed by atoms with Gasteiger partial charge in [0.05, 0.1) is 6.61 Å². The van der Waals surface area contributed by atoms with Gasteiger partial charge in [0.2, 0.25) is 47.4 Å². The van der Waals surface area contributed by atoms with Crippen molar-refractivity contribution in [3.05, 3.63) is 0 Å². The van der Waals surface area contributed by atoms with Crippen LogP contribution < -0.4 is 21.0 Å². The van der Waals surface area contributed by atoms with Crippen molar-refractivity contribution in [2.75, 3.05) is 19.8 Å². The zero-order chi connectivity index (χ0) is 43.8. The van der Waals surface area contributed by atoms with E-state index >= 15 is 0 Å². The van der Waals surface area contributed by atoms with E-state index < -0.39 is 116 Å². The summed E-state index contributed by atoms with van der Waals surface area (Å²) in [6, 6.07) is 0. The first-order chi connectivity index (χ1) is 25.6. The molecule has 0 aromatic heterocycles. The second-order valence-electron chi connectivity index (χ2n) is 8.13. The highest BCUT2D eigenvalue weighted by Crippen LogP contribution is 2.42. The molecule has 55 heavy (non-hydrogen) atoms. The van der Waals surface area contributed by atoms with Gasteiger partial charge in [-0.2, -0.15) is 16.8 Å². The molecule has 0 N–H and O–H groups in total. The highest BCUT2D eigenvalue weighted by molar-refractivity contribution is 7.81. The minimum Gasteiger partial charge on any atom is -0.726 e. The Kier molecular flexibility index (Phi) is 30.1. The molecule has 2 rings (SSSR count). The van der Waals surface area contributed by atoms with Crippen LogP contribution in [-0.4, -0.2) is 143 Å². The molecular formula is C12H14O35S8-8. The number of hydrogen-bond donors (Lipinski definition) is 0. The van der Waals surface area contributed by atoms with Gasteiger partial charge in [-0.1, -0.05) is 0 Å². The van der Waals surface area contributed by atoms with Gasteiger partial charge in [0, 0.05) is 0 Å². The van der Waals surface area contributed by atoms with Crippen LogP contribution in [0.1, 0.15) is 0 Å². The maximum Gasteiger partial charge on any atom is 0.227 e. The first-order valence-electron chi connectivity index (χ1n) is 11.5. The lowest BCUT2D eigenvalue weighted by Gasteiger charge is -2.46. The lowest BCUT2D eigenvalue weighted by Crippen LogP contribution is -2.65. The summed E-state index contributed by atoms with van der Waals surface area (Å²) in [4.78, 5) is 16.7. The lowest BCUT2D eigenvalue weighted by molar-refractivity contribution is -0.835. The summed E-state index contributed by atoms with van der Waals surface area (Å²) in [6.45, 7) is -5.24. The number of rotatable bonds is 21. The Balaban J connectivity index is -0.00000316. The van der Waals surface area contributed by atoms with Gasteiger partial charge in [-0.05, 0) is 0 Å². The van der Waals surface area contributed by atoms with Crippen LogP contribution >= 0.6 is 0 Å². The van der Waals surface area contributed by atoms with Crippen molar-refractivity contribution in [1.29, 1.82) is 0 Å². The van der Waals surface area contributed by atoms with Crippen LogP contribution in [0.5, 0.6) is 0 Å². The first-order valence-corrected chi connectivity index (χ1v) is 18.2. The van der Waals surface area contributed by atoms with E-state index in [-0.39, 0.29) is 0 Å². The topological polar surface area (TPSA) is 528 Å². The molecule has 0 spiro atoms. The second-order valence-corrected chi connectivity index (χ2v) is 12.2. The quantitative estimate of drug-likeness (QED) is 0.0446. The Bertz CT molecular complexity index is 1480. The Morgan fingerprint density at radius 1 is 0.527 bits per heavy atom. The molecule has 0 radical (unpaired) electrons. The minimum absolute atomic E-state index is 1.26. The van der Waals surface area contributed by atoms with Crippen LogP contribution in [0.2, 0.25) is 0 Å². The summed E-state index contributed by atoms with van der Waals surface area (Å²) in [6.07, 6.45) is -21.4. The van der Waals surface area contributed by atoms with Crippen molar-refractivity contribution in [1.82, 2.24) is 0 Å². The van der Waals surface area contributed by atoms with Gasteiger partial charge in [0.15, 0.2) is 80.8 Å². The largest absolute Gasteiger partial charge is 0.726 e. The molecule has 0 aromatic carbocycles. The molecule has 2 heterocycles. The summed E-state index contributed by atoms with van der Waals surface area (Å²) in [5.74, 6) is -3.81. The maximum atomic E-state index is 11.6. The summed E-state index contributed by atoms with van der Waals surface area (Å²) in [5.41, 5.74) is 0. The Morgan fingerprint density at radius 3 is 1.40 bits per heavy atom. The number of ether oxygens (including phenoxy) is 3. The van der Waals surface area contributed by atoms with Crippen LogP contribution in [-0.2, 0) is 162 Å². The molecule has 0 aliphatic carbocycles. The molecule has 0 aromatic rings. The van der Waals surface area contributed by atoms with Crippen molar-refractivity contribution in [2.45, 2.75) is 54.8 Å². The molecule has 2 aliphatic heterocycles. The molecule has 43 heteroatoms. The zero-order valence-electron chi connectivity index (χ0n) is 24.8. The van der Waals surface area contributed by atoms with Gasteiger partial charge in [-0.15, -0.1) is 0 Å². The third-order valence-electron chi connectivity index (χ3n) is 5.32. The molecule has 35 nitrogen and oxygen atoms in total. The van der Waals surface area contributed by atoms with Crippen molar-refractivity contribution < 1.29 is 160 Å². The third kappa shape index (κ3) is 22.1. The standard InChI is InChI=1S/C12H22O31S4.4OS/c13-40-29-1-4-6(35-41-14)8(36-42-15)9(37-43-16)11(32-4)34-12(3-31-45(20,21)22)10(39-47(26,27)28)7(38-46(23,24)25)5(33-12)2-30-44(17,18)19;4*1-2/h4-11,13-16H,1-3H2,(H,17,18,19)(H,20,21,22)(H,23,24,25)(H,26,27,28);;;;/p-8/t4?,5-,6-,7+,8+,9?,10-,11+,12+;;;;/m1..../s1. The van der Waals surface area contributed by atoms with E-state index in [0.29, 0.717) is 0 Å². The Hall–Kier alpha value is -1.04. The fraction of sp³-hybridized carbons (Fsp3) is 1.00. The maximum absolute atomic E-state index is 11.6. The fourth-order valence-electron chi connectivity index (χ4n) is 3.88. The van der Waals surface area contributed by atoms with Crippen molar-refractivity contribution in [2.24, 2.45) is 0 Å². The van der Waals surface area contributed by atoms with Gasteiger partial charge < -0.3 is 53.5 Å². The van der Waals surface area contributed by atoms with Gasteiger partial charge in [0.25, 0.3) is 0 Å². The van der Waals surface area contributed by atoms with E-state index in [9.17, 15) is 72.9 Å². The summed E-state index contributed by atoms with van der Waals surface area (Å²) >= 11 is 11.3. The molecule has 0 bridgehead atoms. The van der Waals surface area contributed by atoms with E-state index in [1.165, 1.54) is 0 Å². The van der Waals surface area contributed by atoms with Crippen LogP contribution in [0.4, 0.5) is 0 Å². The molecule has 2 unspecified atom stereocenters. The minimum atomic E-state index is -6.28. The summed E-state index contributed by atoms with van der Waals surface area (Å²) < 4.78 is 199. The average Bonchev–Trinajstić information content (AvgIpc) is 3.36. The molecule has 328 valence electrons. The fourth-order valence-corrected chi connectivity index (χ4v) is 5.50. The molecule has 2 saturated heterocycles. The smallest absolute Gasteiger partial charge is 0.227 e. The molecular weight excluding hydrogens is 961 g/mol.